The molecule has 0 aromatic rings. The van der Waals surface area contributed by atoms with Crippen LogP contribution in [0.15, 0.2) is 7.14 Å². The van der Waals surface area contributed by atoms with Gasteiger partial charge in [-0.3, -0.25) is 0 Å². The maximum absolute atomic E-state index is 4.53. The summed E-state index contributed by atoms with van der Waals surface area (Å²) in [5.41, 5.74) is 0.236. The van der Waals surface area contributed by atoms with Crippen LogP contribution in [0.4, 0.5) is 0 Å². The van der Waals surface area contributed by atoms with Gasteiger partial charge in [-0.1, -0.05) is 0 Å². The fourth-order valence-electron chi connectivity index (χ4n) is 0.246. The quantitative estimate of drug-likeness (QED) is 0.653. The molecule has 0 atom stereocenters. The summed E-state index contributed by atoms with van der Waals surface area (Å²) < 4.78 is 9.06. The number of nitrogens with zero attached hydrogens (tertiary/aromatic N) is 2. The van der Waals surface area contributed by atoms with E-state index in [4.69, 9.17) is 0 Å². The van der Waals surface area contributed by atoms with Gasteiger partial charge < -0.3 is 0 Å². The van der Waals surface area contributed by atoms with Gasteiger partial charge in [0.05, 0.1) is 0 Å². The van der Waals surface area contributed by atoms with Gasteiger partial charge in [-0.15, -0.1) is 0 Å². The molecule has 3 heteroatoms. The van der Waals surface area contributed by atoms with Gasteiger partial charge in [-0.25, -0.2) is 0 Å². The summed E-state index contributed by atoms with van der Waals surface area (Å²) >= 11 is -0.664. The van der Waals surface area contributed by atoms with Crippen molar-refractivity contribution in [3.63, 3.8) is 0 Å². The molecule has 0 rings (SSSR count). The third-order valence-electron chi connectivity index (χ3n) is 0.583. The molecule has 11 heavy (non-hydrogen) atoms. The molecular formula is C8H18N2Re. The maximum atomic E-state index is 4.53. The van der Waals surface area contributed by atoms with Crippen LogP contribution in [0.1, 0.15) is 41.5 Å². The molecule has 0 fully saturated rings. The molecule has 2 nitrogen and oxygen atoms in total. The summed E-state index contributed by atoms with van der Waals surface area (Å²) in [7, 11) is 0. The van der Waals surface area contributed by atoms with E-state index in [-0.39, 0.29) is 11.1 Å². The second kappa shape index (κ2) is 3.78. The predicted molar refractivity (Wildman–Crippen MR) is 44.4 cm³/mol. The van der Waals surface area contributed by atoms with Crippen molar-refractivity contribution in [2.75, 3.05) is 0 Å². The van der Waals surface area contributed by atoms with Gasteiger partial charge in [0.15, 0.2) is 0 Å². The zero-order valence-electron chi connectivity index (χ0n) is 8.27. The molecule has 0 aliphatic heterocycles. The van der Waals surface area contributed by atoms with Gasteiger partial charge in [0.1, 0.15) is 0 Å². The number of rotatable bonds is 0. The second-order valence-electron chi connectivity index (χ2n) is 4.59. The molecule has 0 spiro atoms. The molecule has 0 aliphatic carbocycles. The Morgan fingerprint density at radius 1 is 0.727 bits per heavy atom. The molecule has 0 radical (unpaired) electrons. The van der Waals surface area contributed by atoms with E-state index in [1.807, 2.05) is 0 Å². The van der Waals surface area contributed by atoms with E-state index in [1.54, 1.807) is 0 Å². The van der Waals surface area contributed by atoms with E-state index >= 15 is 0 Å². The van der Waals surface area contributed by atoms with Crippen LogP contribution in [-0.2, 0) is 17.6 Å². The van der Waals surface area contributed by atoms with Crippen molar-refractivity contribution in [2.45, 2.75) is 52.6 Å². The van der Waals surface area contributed by atoms with E-state index in [9.17, 15) is 0 Å². The Labute approximate surface area is 77.6 Å². The molecule has 0 saturated carbocycles. The van der Waals surface area contributed by atoms with Crippen molar-refractivity contribution in [3.8, 4) is 0 Å². The zero-order chi connectivity index (χ0) is 9.12. The standard InChI is InChI=1S/2C4H9N.Re/c2*1-4(2,3)5;/h2*1-3H3;. The molecule has 0 unspecified atom stereocenters. The fourth-order valence-corrected chi connectivity index (χ4v) is 2.01. The summed E-state index contributed by atoms with van der Waals surface area (Å²) in [6, 6.07) is 0. The van der Waals surface area contributed by atoms with Crippen LogP contribution in [0.5, 0.6) is 0 Å². The Kier molecular flexibility index (Phi) is 3.87. The molecule has 0 amide bonds. The van der Waals surface area contributed by atoms with Crippen molar-refractivity contribution in [3.05, 3.63) is 0 Å². The van der Waals surface area contributed by atoms with Crippen LogP contribution in [-0.4, -0.2) is 11.1 Å². The van der Waals surface area contributed by atoms with E-state index in [1.165, 1.54) is 0 Å². The van der Waals surface area contributed by atoms with Crippen LogP contribution >= 0.6 is 0 Å². The van der Waals surface area contributed by atoms with Gasteiger partial charge >= 0.3 is 77.4 Å². The minimum absolute atomic E-state index is 0.118. The van der Waals surface area contributed by atoms with E-state index in [0.717, 1.165) is 0 Å². The minimum atomic E-state index is -0.664. The molecule has 0 N–H and O–H groups in total. The third kappa shape index (κ3) is 10.3. The molecule has 0 aromatic carbocycles. The summed E-state index contributed by atoms with van der Waals surface area (Å²) in [6.45, 7) is 12.8. The Hall–Kier alpha value is 0.262. The first-order valence-corrected chi connectivity index (χ1v) is 6.21. The SMILES string of the molecule is CC(C)(C)[N]=[Re]=[N]C(C)(C)C. The first-order valence-electron chi connectivity index (χ1n) is 3.79. The molecule has 0 aliphatic rings. The van der Waals surface area contributed by atoms with Crippen molar-refractivity contribution in [2.24, 2.45) is 7.14 Å². The van der Waals surface area contributed by atoms with Gasteiger partial charge in [0.25, 0.3) is 0 Å². The van der Waals surface area contributed by atoms with Crippen LogP contribution in [0.2, 0.25) is 0 Å². The van der Waals surface area contributed by atoms with Gasteiger partial charge in [-0.05, 0) is 0 Å². The normalized spacial score (nSPS) is 12.5. The first-order chi connectivity index (χ1) is 4.71. The average Bonchev–Trinajstić information content (AvgIpc) is 1.55. The Morgan fingerprint density at radius 2 is 1.00 bits per heavy atom. The number of hydrogen-bond acceptors (Lipinski definition) is 2. The fraction of sp³-hybridized carbons (Fsp3) is 1.00. The summed E-state index contributed by atoms with van der Waals surface area (Å²) in [4.78, 5) is 0. The molecular weight excluding hydrogens is 310 g/mol. The Balaban J connectivity index is 4.25. The molecule has 0 heterocycles. The third-order valence-corrected chi connectivity index (χ3v) is 4.77. The van der Waals surface area contributed by atoms with Crippen LogP contribution in [0, 0.1) is 0 Å². The molecule has 0 saturated heterocycles. The van der Waals surface area contributed by atoms with Crippen LogP contribution in [0.3, 0.4) is 0 Å². The van der Waals surface area contributed by atoms with Gasteiger partial charge in [0, 0.05) is 0 Å². The molecule has 0 aromatic heterocycles. The van der Waals surface area contributed by atoms with E-state index in [2.05, 4.69) is 48.7 Å². The van der Waals surface area contributed by atoms with Crippen molar-refractivity contribution in [1.82, 2.24) is 0 Å². The first kappa shape index (κ1) is 11.3. The van der Waals surface area contributed by atoms with Gasteiger partial charge in [0.2, 0.25) is 0 Å². The second-order valence-corrected chi connectivity index (χ2v) is 6.34. The Morgan fingerprint density at radius 3 is 1.18 bits per heavy atom. The Bertz CT molecular complexity index is 159. The summed E-state index contributed by atoms with van der Waals surface area (Å²) in [5.74, 6) is 0. The molecule has 67 valence electrons. The monoisotopic (exact) mass is 329 g/mol. The average molecular weight is 328 g/mol. The number of hydrogen-bond donors (Lipinski definition) is 0. The van der Waals surface area contributed by atoms with E-state index in [0.29, 0.717) is 0 Å². The van der Waals surface area contributed by atoms with E-state index < -0.39 is 17.6 Å². The summed E-state index contributed by atoms with van der Waals surface area (Å²) in [5, 5.41) is 0. The predicted octanol–water partition coefficient (Wildman–Crippen LogP) is 3.03. The van der Waals surface area contributed by atoms with Gasteiger partial charge in [-0.2, -0.15) is 0 Å². The van der Waals surface area contributed by atoms with Crippen molar-refractivity contribution in [1.29, 1.82) is 0 Å². The molecule has 0 bridgehead atoms. The van der Waals surface area contributed by atoms with Crippen LogP contribution in [0.25, 0.3) is 0 Å². The van der Waals surface area contributed by atoms with Crippen molar-refractivity contribution >= 4 is 0 Å². The topological polar surface area (TPSA) is 24.7 Å². The van der Waals surface area contributed by atoms with Crippen molar-refractivity contribution < 1.29 is 17.6 Å². The zero-order valence-corrected chi connectivity index (χ0v) is 11.0. The van der Waals surface area contributed by atoms with Crippen LogP contribution < -0.4 is 0 Å². The summed E-state index contributed by atoms with van der Waals surface area (Å²) in [6.07, 6.45) is 0.